The van der Waals surface area contributed by atoms with E-state index >= 15 is 0 Å². The molecule has 0 atom stereocenters. The minimum absolute atomic E-state index is 0.688. The molecule has 0 rings (SSSR count). The third-order valence-electron chi connectivity index (χ3n) is 1.15. The molecular formula is C4H13BN2. The van der Waals surface area contributed by atoms with Gasteiger partial charge in [0.05, 0.1) is 0 Å². The highest BCUT2D eigenvalue weighted by molar-refractivity contribution is 6.27. The molecule has 0 aromatic heterocycles. The lowest BCUT2D eigenvalue weighted by atomic mass is 10.1. The summed E-state index contributed by atoms with van der Waals surface area (Å²) in [5, 5.41) is 0. The first kappa shape index (κ1) is 6.98. The molecule has 0 heterocycles. The maximum absolute atomic E-state index is 5.32. The second-order valence-corrected chi connectivity index (χ2v) is 1.49. The fourth-order valence-corrected chi connectivity index (χ4v) is 0.482. The van der Waals surface area contributed by atoms with Crippen LogP contribution in [0.3, 0.4) is 0 Å². The normalized spacial score (nSPS) is 9.71. The van der Waals surface area contributed by atoms with Gasteiger partial charge in [0.25, 0.3) is 7.55 Å². The van der Waals surface area contributed by atoms with E-state index in [0.717, 1.165) is 13.1 Å². The third kappa shape index (κ3) is 2.65. The Hall–Kier alpha value is -0.0151. The maximum atomic E-state index is 5.32. The Morgan fingerprint density at radius 2 is 1.86 bits per heavy atom. The molecule has 42 valence electrons. The Balaban J connectivity index is 2.99. The van der Waals surface area contributed by atoms with Gasteiger partial charge in [-0.2, -0.15) is 0 Å². The van der Waals surface area contributed by atoms with Gasteiger partial charge in [-0.25, -0.2) is 0 Å². The summed E-state index contributed by atoms with van der Waals surface area (Å²) in [4.78, 5) is 2.15. The van der Waals surface area contributed by atoms with E-state index in [-0.39, 0.29) is 0 Å². The van der Waals surface area contributed by atoms with E-state index in [4.69, 9.17) is 5.64 Å². The van der Waals surface area contributed by atoms with Crippen LogP contribution in [0.25, 0.3) is 0 Å². The van der Waals surface area contributed by atoms with E-state index in [0.29, 0.717) is 7.55 Å². The van der Waals surface area contributed by atoms with Gasteiger partial charge in [-0.1, -0.05) is 13.8 Å². The van der Waals surface area contributed by atoms with Crippen molar-refractivity contribution in [2.24, 2.45) is 5.64 Å². The van der Waals surface area contributed by atoms with Crippen LogP contribution in [0.4, 0.5) is 0 Å². The van der Waals surface area contributed by atoms with E-state index in [2.05, 4.69) is 18.7 Å². The lowest BCUT2D eigenvalue weighted by Crippen LogP contribution is -2.33. The van der Waals surface area contributed by atoms with Crippen LogP contribution in [-0.2, 0) is 0 Å². The molecule has 0 fully saturated rings. The van der Waals surface area contributed by atoms with Gasteiger partial charge >= 0.3 is 0 Å². The first-order valence-electron chi connectivity index (χ1n) is 2.77. The van der Waals surface area contributed by atoms with Crippen LogP contribution in [-0.4, -0.2) is 25.4 Å². The molecule has 3 heteroatoms. The first-order chi connectivity index (χ1) is 3.35. The van der Waals surface area contributed by atoms with Gasteiger partial charge in [-0.15, -0.1) is 0 Å². The highest BCUT2D eigenvalue weighted by Crippen LogP contribution is 1.75. The molecule has 0 radical (unpaired) electrons. The summed E-state index contributed by atoms with van der Waals surface area (Å²) in [6.45, 7) is 6.34. The van der Waals surface area contributed by atoms with Gasteiger partial charge in [0.15, 0.2) is 0 Å². The standard InChI is InChI=1S/C4H13BN2/c1-3-7(4-2)5-6/h5H,3-4,6H2,1-2H3. The monoisotopic (exact) mass is 100 g/mol. The molecule has 2 N–H and O–H groups in total. The number of hydrogen-bond acceptors (Lipinski definition) is 2. The second-order valence-electron chi connectivity index (χ2n) is 1.49. The summed E-state index contributed by atoms with van der Waals surface area (Å²) in [5.74, 6) is 0. The van der Waals surface area contributed by atoms with Crippen LogP contribution in [0.2, 0.25) is 0 Å². The summed E-state index contributed by atoms with van der Waals surface area (Å²) in [6, 6.07) is 0. The molecule has 0 aliphatic heterocycles. The molecule has 0 aliphatic carbocycles. The highest BCUT2D eigenvalue weighted by atomic mass is 15.1. The fraction of sp³-hybridized carbons (Fsp3) is 1.00. The highest BCUT2D eigenvalue weighted by Gasteiger charge is 1.92. The molecule has 0 aliphatic rings. The average molecular weight is 100.0 g/mol. The van der Waals surface area contributed by atoms with Gasteiger partial charge in [0, 0.05) is 0 Å². The lowest BCUT2D eigenvalue weighted by molar-refractivity contribution is 0.493. The van der Waals surface area contributed by atoms with Gasteiger partial charge in [0.2, 0.25) is 0 Å². The van der Waals surface area contributed by atoms with E-state index in [1.807, 2.05) is 0 Å². The summed E-state index contributed by atoms with van der Waals surface area (Å²) in [5.41, 5.74) is 5.32. The molecule has 0 spiro atoms. The minimum Gasteiger partial charge on any atom is -0.359 e. The Kier molecular flexibility index (Phi) is 4.14. The summed E-state index contributed by atoms with van der Waals surface area (Å²) < 4.78 is 0. The zero-order valence-corrected chi connectivity index (χ0v) is 5.15. The second kappa shape index (κ2) is 4.15. The Labute approximate surface area is 46.0 Å². The molecule has 0 unspecified atom stereocenters. The largest absolute Gasteiger partial charge is 0.359 e. The average Bonchev–Trinajstić information content (AvgIpc) is 1.72. The van der Waals surface area contributed by atoms with Crippen LogP contribution in [0.15, 0.2) is 0 Å². The molecule has 0 amide bonds. The molecule has 0 saturated heterocycles. The van der Waals surface area contributed by atoms with Gasteiger partial charge in [-0.05, 0) is 13.1 Å². The molecule has 7 heavy (non-hydrogen) atoms. The van der Waals surface area contributed by atoms with Crippen LogP contribution in [0.1, 0.15) is 13.8 Å². The first-order valence-corrected chi connectivity index (χ1v) is 2.77. The maximum Gasteiger partial charge on any atom is 0.286 e. The van der Waals surface area contributed by atoms with Crippen molar-refractivity contribution in [3.05, 3.63) is 0 Å². The van der Waals surface area contributed by atoms with E-state index in [1.54, 1.807) is 0 Å². The number of nitrogens with two attached hydrogens (primary N) is 1. The van der Waals surface area contributed by atoms with Crippen molar-refractivity contribution in [2.45, 2.75) is 13.8 Å². The topological polar surface area (TPSA) is 29.3 Å². The van der Waals surface area contributed by atoms with Gasteiger partial charge in [-0.3, -0.25) is 0 Å². The number of hydrogen-bond donors (Lipinski definition) is 1. The molecule has 0 saturated carbocycles. The number of rotatable bonds is 3. The minimum atomic E-state index is 0.688. The van der Waals surface area contributed by atoms with Crippen LogP contribution in [0, 0.1) is 0 Å². The summed E-state index contributed by atoms with van der Waals surface area (Å²) >= 11 is 0. The zero-order chi connectivity index (χ0) is 5.70. The molecule has 2 nitrogen and oxygen atoms in total. The Morgan fingerprint density at radius 3 is 1.86 bits per heavy atom. The van der Waals surface area contributed by atoms with Crippen molar-refractivity contribution in [1.29, 1.82) is 0 Å². The van der Waals surface area contributed by atoms with Crippen molar-refractivity contribution in [1.82, 2.24) is 4.81 Å². The van der Waals surface area contributed by atoms with E-state index < -0.39 is 0 Å². The zero-order valence-electron chi connectivity index (χ0n) is 5.15. The van der Waals surface area contributed by atoms with Crippen molar-refractivity contribution in [2.75, 3.05) is 13.1 Å². The van der Waals surface area contributed by atoms with E-state index in [1.165, 1.54) is 0 Å². The molecule has 0 bridgehead atoms. The van der Waals surface area contributed by atoms with E-state index in [9.17, 15) is 0 Å². The Bertz CT molecular complexity index is 31.2. The summed E-state index contributed by atoms with van der Waals surface area (Å²) in [6.07, 6.45) is 0. The van der Waals surface area contributed by atoms with Gasteiger partial charge in [0.1, 0.15) is 0 Å². The van der Waals surface area contributed by atoms with Crippen molar-refractivity contribution >= 4 is 7.55 Å². The third-order valence-corrected chi connectivity index (χ3v) is 1.15. The predicted molar refractivity (Wildman–Crippen MR) is 34.3 cm³/mol. The van der Waals surface area contributed by atoms with Crippen LogP contribution >= 0.6 is 0 Å². The molecular weight excluding hydrogens is 86.9 g/mol. The van der Waals surface area contributed by atoms with Crippen molar-refractivity contribution in [3.63, 3.8) is 0 Å². The smallest absolute Gasteiger partial charge is 0.286 e. The quantitative estimate of drug-likeness (QED) is 0.487. The van der Waals surface area contributed by atoms with Crippen molar-refractivity contribution in [3.8, 4) is 0 Å². The summed E-state index contributed by atoms with van der Waals surface area (Å²) in [7, 11) is 0.688. The Morgan fingerprint density at radius 1 is 1.43 bits per heavy atom. The molecule has 0 aromatic rings. The van der Waals surface area contributed by atoms with Crippen molar-refractivity contribution < 1.29 is 0 Å². The lowest BCUT2D eigenvalue weighted by Gasteiger charge is -2.11. The SMILES string of the molecule is CCN(BN)CC. The van der Waals surface area contributed by atoms with Crippen LogP contribution in [0.5, 0.6) is 0 Å². The molecule has 0 aromatic carbocycles. The fourth-order valence-electron chi connectivity index (χ4n) is 0.482. The predicted octanol–water partition coefficient (Wildman–Crippen LogP) is -0.447. The van der Waals surface area contributed by atoms with Gasteiger partial charge < -0.3 is 10.5 Å². The van der Waals surface area contributed by atoms with Crippen LogP contribution < -0.4 is 5.64 Å². The number of nitrogens with zero attached hydrogens (tertiary/aromatic N) is 1.